The molecule has 0 fully saturated rings. The molecule has 45 heavy (non-hydrogen) atoms. The van der Waals surface area contributed by atoms with Gasteiger partial charge in [-0.25, -0.2) is 10.4 Å². The van der Waals surface area contributed by atoms with Gasteiger partial charge in [0.05, 0.1) is 19.0 Å². The first-order valence-corrected chi connectivity index (χ1v) is 15.1. The first-order valence-electron chi connectivity index (χ1n) is 13.9. The topological polar surface area (TPSA) is 114 Å². The second kappa shape index (κ2) is 14.5. The van der Waals surface area contributed by atoms with E-state index in [1.807, 2.05) is 61.7 Å². The number of aryl methyl sites for hydroxylation is 2. The van der Waals surface area contributed by atoms with Crippen molar-refractivity contribution in [3.05, 3.63) is 118 Å². The second-order valence-electron chi connectivity index (χ2n) is 10.0. The van der Waals surface area contributed by atoms with E-state index in [9.17, 15) is 9.59 Å². The van der Waals surface area contributed by atoms with Crippen LogP contribution in [-0.4, -0.2) is 36.7 Å². The van der Waals surface area contributed by atoms with Crippen molar-refractivity contribution in [2.75, 3.05) is 24.4 Å². The average molecular weight is 640 g/mol. The fourth-order valence-corrected chi connectivity index (χ4v) is 5.06. The Morgan fingerprint density at radius 1 is 0.933 bits per heavy atom. The van der Waals surface area contributed by atoms with Gasteiger partial charge in [-0.05, 0) is 79.6 Å². The van der Waals surface area contributed by atoms with Gasteiger partial charge in [0.2, 0.25) is 0 Å². The number of carbonyl (C=O) groups excluding carboxylic acids is 2. The number of nitrogens with zero attached hydrogens (tertiary/aromatic N) is 2. The lowest BCUT2D eigenvalue weighted by Gasteiger charge is -2.12. The van der Waals surface area contributed by atoms with Crippen LogP contribution in [0.15, 0.2) is 95.4 Å². The number of benzene rings is 4. The molecule has 4 aromatic carbocycles. The van der Waals surface area contributed by atoms with Crippen LogP contribution >= 0.6 is 22.9 Å². The van der Waals surface area contributed by atoms with Crippen molar-refractivity contribution >= 4 is 57.5 Å². The van der Waals surface area contributed by atoms with Crippen LogP contribution in [0.4, 0.5) is 16.5 Å². The van der Waals surface area contributed by atoms with Crippen molar-refractivity contribution in [3.63, 3.8) is 0 Å². The van der Waals surface area contributed by atoms with Gasteiger partial charge in [0.25, 0.3) is 11.8 Å². The molecule has 228 valence electrons. The normalized spacial score (nSPS) is 10.8. The van der Waals surface area contributed by atoms with Crippen molar-refractivity contribution in [2.45, 2.75) is 13.8 Å². The van der Waals surface area contributed by atoms with E-state index >= 15 is 0 Å². The summed E-state index contributed by atoms with van der Waals surface area (Å²) in [7, 11) is 1.50. The number of hydrogen-bond donors (Lipinski definition) is 3. The molecule has 3 N–H and O–H groups in total. The molecule has 0 aliphatic heterocycles. The maximum absolute atomic E-state index is 12.7. The summed E-state index contributed by atoms with van der Waals surface area (Å²) in [4.78, 5) is 29.7. The van der Waals surface area contributed by atoms with Gasteiger partial charge in [0.1, 0.15) is 0 Å². The van der Waals surface area contributed by atoms with Crippen LogP contribution in [0.1, 0.15) is 27.0 Å². The summed E-state index contributed by atoms with van der Waals surface area (Å²) < 4.78 is 11.1. The quantitative estimate of drug-likeness (QED) is 0.101. The van der Waals surface area contributed by atoms with Gasteiger partial charge in [0, 0.05) is 32.9 Å². The molecule has 5 rings (SSSR count). The Balaban J connectivity index is 1.12. The van der Waals surface area contributed by atoms with Crippen LogP contribution in [0.3, 0.4) is 0 Å². The lowest BCUT2D eigenvalue weighted by Crippen LogP contribution is -2.20. The van der Waals surface area contributed by atoms with Crippen LogP contribution in [0, 0.1) is 13.8 Å². The highest BCUT2D eigenvalue weighted by molar-refractivity contribution is 7.14. The molecule has 0 radical (unpaired) electrons. The minimum Gasteiger partial charge on any atom is -0.493 e. The maximum atomic E-state index is 12.7. The minimum atomic E-state index is -0.356. The molecule has 11 heteroatoms. The molecule has 0 unspecified atom stereocenters. The Morgan fingerprint density at radius 3 is 2.42 bits per heavy atom. The standard InChI is InChI=1S/C34H30ClN5O4S/c1-21-4-12-26(13-5-21)38-34-39-29(20-45-34)24-8-10-25(11-9-24)33(42)40-36-18-23-7-15-30(31(16-23)43-3)44-19-32(41)37-27-14-6-22(2)28(35)17-27/h4-18,20H,19H2,1-3H3,(H,37,41)(H,38,39)(H,40,42)/b36-18+. The molecular weight excluding hydrogens is 610 g/mol. The van der Waals surface area contributed by atoms with Gasteiger partial charge >= 0.3 is 0 Å². The lowest BCUT2D eigenvalue weighted by atomic mass is 10.1. The van der Waals surface area contributed by atoms with Crippen molar-refractivity contribution in [2.24, 2.45) is 5.10 Å². The third-order valence-corrected chi connectivity index (χ3v) is 7.80. The zero-order chi connectivity index (χ0) is 31.8. The zero-order valence-electron chi connectivity index (χ0n) is 24.8. The molecule has 0 aliphatic carbocycles. The molecule has 9 nitrogen and oxygen atoms in total. The average Bonchev–Trinajstić information content (AvgIpc) is 3.51. The zero-order valence-corrected chi connectivity index (χ0v) is 26.3. The fraction of sp³-hybridized carbons (Fsp3) is 0.118. The minimum absolute atomic E-state index is 0.224. The van der Waals surface area contributed by atoms with E-state index in [-0.39, 0.29) is 18.4 Å². The Labute approximate surface area is 269 Å². The van der Waals surface area contributed by atoms with Crippen LogP contribution < -0.4 is 25.5 Å². The summed E-state index contributed by atoms with van der Waals surface area (Å²) in [6.45, 7) is 3.71. The number of thiazole rings is 1. The summed E-state index contributed by atoms with van der Waals surface area (Å²) in [5.74, 6) is 0.0933. The van der Waals surface area contributed by atoms with E-state index in [2.05, 4.69) is 26.1 Å². The van der Waals surface area contributed by atoms with Crippen LogP contribution in [0.5, 0.6) is 11.5 Å². The summed E-state index contributed by atoms with van der Waals surface area (Å²) in [5.41, 5.74) is 9.03. The van der Waals surface area contributed by atoms with Gasteiger partial charge in [0.15, 0.2) is 23.2 Å². The highest BCUT2D eigenvalue weighted by Gasteiger charge is 2.11. The van der Waals surface area contributed by atoms with Crippen molar-refractivity contribution in [3.8, 4) is 22.8 Å². The maximum Gasteiger partial charge on any atom is 0.271 e. The molecule has 2 amide bonds. The van der Waals surface area contributed by atoms with Gasteiger partial charge in [-0.1, -0.05) is 47.5 Å². The SMILES string of the molecule is COc1cc(/C=N/NC(=O)c2ccc(-c3csc(Nc4ccc(C)cc4)n3)cc2)ccc1OCC(=O)Nc1ccc(C)c(Cl)c1. The molecular formula is C34H30ClN5O4S. The lowest BCUT2D eigenvalue weighted by molar-refractivity contribution is -0.118. The summed E-state index contributed by atoms with van der Waals surface area (Å²) in [5, 5.41) is 13.5. The Hall–Kier alpha value is -5.19. The van der Waals surface area contributed by atoms with Gasteiger partial charge in [-0.15, -0.1) is 11.3 Å². The smallest absolute Gasteiger partial charge is 0.271 e. The Bertz CT molecular complexity index is 1840. The van der Waals surface area contributed by atoms with Crippen LogP contribution in [0.2, 0.25) is 5.02 Å². The largest absolute Gasteiger partial charge is 0.493 e. The number of ether oxygens (including phenoxy) is 2. The van der Waals surface area contributed by atoms with E-state index in [0.717, 1.165) is 27.6 Å². The predicted molar refractivity (Wildman–Crippen MR) is 180 cm³/mol. The number of rotatable bonds is 11. The number of hydrazone groups is 1. The Morgan fingerprint density at radius 2 is 1.69 bits per heavy atom. The van der Waals surface area contributed by atoms with E-state index in [4.69, 9.17) is 21.1 Å². The molecule has 0 aliphatic rings. The van der Waals surface area contributed by atoms with E-state index in [1.54, 1.807) is 42.5 Å². The van der Waals surface area contributed by atoms with Crippen LogP contribution in [-0.2, 0) is 4.79 Å². The first kappa shape index (κ1) is 31.2. The predicted octanol–water partition coefficient (Wildman–Crippen LogP) is 7.61. The highest BCUT2D eigenvalue weighted by Crippen LogP contribution is 2.29. The number of anilines is 3. The third kappa shape index (κ3) is 8.47. The second-order valence-corrected chi connectivity index (χ2v) is 11.3. The number of amides is 2. The Kier molecular flexibility index (Phi) is 10.1. The molecule has 1 aromatic heterocycles. The van der Waals surface area contributed by atoms with Gasteiger partial charge < -0.3 is 20.1 Å². The monoisotopic (exact) mass is 639 g/mol. The van der Waals surface area contributed by atoms with E-state index in [0.29, 0.717) is 33.3 Å². The van der Waals surface area contributed by atoms with E-state index in [1.165, 1.54) is 30.2 Å². The van der Waals surface area contributed by atoms with Crippen LogP contribution in [0.25, 0.3) is 11.3 Å². The van der Waals surface area contributed by atoms with Crippen molar-refractivity contribution < 1.29 is 19.1 Å². The number of nitrogens with one attached hydrogen (secondary N) is 3. The number of halogens is 1. The molecule has 5 aromatic rings. The van der Waals surface area contributed by atoms with Crippen molar-refractivity contribution in [1.82, 2.24) is 10.4 Å². The molecule has 1 heterocycles. The third-order valence-electron chi connectivity index (χ3n) is 6.63. The number of methoxy groups -OCH3 is 1. The number of carbonyl (C=O) groups is 2. The number of aromatic nitrogens is 1. The van der Waals surface area contributed by atoms with Crippen molar-refractivity contribution in [1.29, 1.82) is 0 Å². The molecule has 0 saturated carbocycles. The van der Waals surface area contributed by atoms with Gasteiger partial charge in [-0.2, -0.15) is 5.10 Å². The highest BCUT2D eigenvalue weighted by atomic mass is 35.5. The van der Waals surface area contributed by atoms with Gasteiger partial charge in [-0.3, -0.25) is 9.59 Å². The summed E-state index contributed by atoms with van der Waals surface area (Å²) >= 11 is 7.63. The molecule has 0 saturated heterocycles. The summed E-state index contributed by atoms with van der Waals surface area (Å²) in [6, 6.07) is 25.6. The first-order chi connectivity index (χ1) is 21.8. The molecule has 0 spiro atoms. The number of hydrogen-bond acceptors (Lipinski definition) is 8. The fourth-order valence-electron chi connectivity index (χ4n) is 4.14. The summed E-state index contributed by atoms with van der Waals surface area (Å²) in [6.07, 6.45) is 1.49. The molecule has 0 atom stereocenters. The van der Waals surface area contributed by atoms with E-state index < -0.39 is 0 Å². The molecule has 0 bridgehead atoms.